The van der Waals surface area contributed by atoms with Crippen LogP contribution < -0.4 is 5.69 Å². The zero-order valence-corrected chi connectivity index (χ0v) is 9.46. The first-order valence-electron chi connectivity index (χ1n) is 5.07. The summed E-state index contributed by atoms with van der Waals surface area (Å²) in [4.78, 5) is 24.6. The summed E-state index contributed by atoms with van der Waals surface area (Å²) >= 11 is 0. The number of hydrogen-bond donors (Lipinski definition) is 1. The molecule has 0 saturated heterocycles. The van der Waals surface area contributed by atoms with Gasteiger partial charge >= 0.3 is 5.69 Å². The molecule has 0 spiro atoms. The van der Waals surface area contributed by atoms with Gasteiger partial charge in [-0.3, -0.25) is 9.36 Å². The number of likely N-dealkylation sites (N-methyl/N-ethyl adjacent to an activating group) is 1. The molecule has 0 bridgehead atoms. The first-order chi connectivity index (χ1) is 7.60. The molecular weight excluding hydrogens is 212 g/mol. The average Bonchev–Trinajstić information content (AvgIpc) is 2.57. The van der Waals surface area contributed by atoms with Gasteiger partial charge in [-0.1, -0.05) is 0 Å². The Hall–Kier alpha value is -1.63. The number of aromatic nitrogens is 3. The summed E-state index contributed by atoms with van der Waals surface area (Å²) < 4.78 is 2.40. The monoisotopic (exact) mass is 228 g/mol. The molecule has 1 amide bonds. The van der Waals surface area contributed by atoms with E-state index in [4.69, 9.17) is 5.11 Å². The molecule has 7 nitrogen and oxygen atoms in total. The summed E-state index contributed by atoms with van der Waals surface area (Å²) in [6.07, 6.45) is 1.36. The third kappa shape index (κ3) is 2.69. The molecule has 7 heteroatoms. The number of carbonyl (C=O) groups is 1. The maximum atomic E-state index is 11.7. The Morgan fingerprint density at radius 1 is 1.62 bits per heavy atom. The molecule has 1 aromatic rings. The minimum absolute atomic E-state index is 0.0866. The lowest BCUT2D eigenvalue weighted by Crippen LogP contribution is -2.38. The Balaban J connectivity index is 2.70. The van der Waals surface area contributed by atoms with Crippen LogP contribution in [0.4, 0.5) is 0 Å². The second kappa shape index (κ2) is 5.45. The fourth-order valence-corrected chi connectivity index (χ4v) is 1.34. The molecule has 0 radical (unpaired) electrons. The SMILES string of the molecule is CCN(CCO)C(=O)Cn1ncn(C)c1=O. The van der Waals surface area contributed by atoms with E-state index in [2.05, 4.69) is 5.10 Å². The molecule has 0 aliphatic rings. The van der Waals surface area contributed by atoms with Gasteiger partial charge in [0.1, 0.15) is 12.9 Å². The van der Waals surface area contributed by atoms with Crippen LogP contribution in [0.25, 0.3) is 0 Å². The fourth-order valence-electron chi connectivity index (χ4n) is 1.34. The molecule has 1 aromatic heterocycles. The zero-order chi connectivity index (χ0) is 12.1. The smallest absolute Gasteiger partial charge is 0.345 e. The molecule has 0 fully saturated rings. The van der Waals surface area contributed by atoms with Crippen molar-refractivity contribution in [3.63, 3.8) is 0 Å². The number of carbonyl (C=O) groups excluding carboxylic acids is 1. The van der Waals surface area contributed by atoms with Crippen LogP contribution >= 0.6 is 0 Å². The van der Waals surface area contributed by atoms with E-state index in [9.17, 15) is 9.59 Å². The van der Waals surface area contributed by atoms with Crippen molar-refractivity contribution >= 4 is 5.91 Å². The van der Waals surface area contributed by atoms with E-state index in [1.54, 1.807) is 7.05 Å². The van der Waals surface area contributed by atoms with Gasteiger partial charge in [0.05, 0.1) is 6.61 Å². The van der Waals surface area contributed by atoms with E-state index in [-0.39, 0.29) is 31.3 Å². The molecular formula is C9H16N4O3. The van der Waals surface area contributed by atoms with E-state index in [1.165, 1.54) is 15.8 Å². The van der Waals surface area contributed by atoms with Crippen molar-refractivity contribution in [2.75, 3.05) is 19.7 Å². The number of aryl methyl sites for hydroxylation is 1. The predicted octanol–water partition coefficient (Wildman–Crippen LogP) is -1.58. The highest BCUT2D eigenvalue weighted by atomic mass is 16.3. The standard InChI is InChI=1S/C9H16N4O3/c1-3-12(4-5-14)8(15)6-13-9(16)11(2)7-10-13/h7,14H,3-6H2,1-2H3. The van der Waals surface area contributed by atoms with Crippen molar-refractivity contribution in [2.24, 2.45) is 7.05 Å². The van der Waals surface area contributed by atoms with E-state index in [1.807, 2.05) is 6.92 Å². The second-order valence-electron chi connectivity index (χ2n) is 3.38. The minimum Gasteiger partial charge on any atom is -0.395 e. The van der Waals surface area contributed by atoms with Crippen molar-refractivity contribution in [3.05, 3.63) is 16.8 Å². The van der Waals surface area contributed by atoms with E-state index in [0.717, 1.165) is 4.68 Å². The quantitative estimate of drug-likeness (QED) is 0.659. The lowest BCUT2D eigenvalue weighted by atomic mass is 10.4. The van der Waals surface area contributed by atoms with Crippen LogP contribution in [0.1, 0.15) is 6.92 Å². The summed E-state index contributed by atoms with van der Waals surface area (Å²) in [5, 5.41) is 12.5. The van der Waals surface area contributed by atoms with Gasteiger partial charge in [-0.2, -0.15) is 5.10 Å². The Morgan fingerprint density at radius 2 is 2.31 bits per heavy atom. The highest BCUT2D eigenvalue weighted by Crippen LogP contribution is 1.91. The van der Waals surface area contributed by atoms with E-state index < -0.39 is 0 Å². The molecule has 0 aliphatic heterocycles. The number of amides is 1. The summed E-state index contributed by atoms with van der Waals surface area (Å²) in [5.74, 6) is -0.225. The van der Waals surface area contributed by atoms with Crippen molar-refractivity contribution in [2.45, 2.75) is 13.5 Å². The van der Waals surface area contributed by atoms with Gasteiger partial charge in [-0.15, -0.1) is 0 Å². The lowest BCUT2D eigenvalue weighted by molar-refractivity contribution is -0.132. The minimum atomic E-state index is -0.326. The van der Waals surface area contributed by atoms with Crippen LogP contribution in [0.15, 0.2) is 11.1 Å². The third-order valence-corrected chi connectivity index (χ3v) is 2.28. The lowest BCUT2D eigenvalue weighted by Gasteiger charge is -2.18. The molecule has 0 atom stereocenters. The molecule has 0 aromatic carbocycles. The molecule has 0 saturated carbocycles. The van der Waals surface area contributed by atoms with Crippen molar-refractivity contribution in [1.82, 2.24) is 19.2 Å². The molecule has 1 N–H and O–H groups in total. The van der Waals surface area contributed by atoms with E-state index >= 15 is 0 Å². The van der Waals surface area contributed by atoms with Crippen LogP contribution in [0.2, 0.25) is 0 Å². The Labute approximate surface area is 92.9 Å². The van der Waals surface area contributed by atoms with Crippen LogP contribution in [-0.2, 0) is 18.4 Å². The highest BCUT2D eigenvalue weighted by Gasteiger charge is 2.13. The molecule has 0 aliphatic carbocycles. The molecule has 16 heavy (non-hydrogen) atoms. The second-order valence-corrected chi connectivity index (χ2v) is 3.38. The van der Waals surface area contributed by atoms with Crippen LogP contribution in [0.3, 0.4) is 0 Å². The predicted molar refractivity (Wildman–Crippen MR) is 56.8 cm³/mol. The van der Waals surface area contributed by atoms with Gasteiger partial charge in [0, 0.05) is 20.1 Å². The molecule has 0 unspecified atom stereocenters. The molecule has 1 rings (SSSR count). The molecule has 90 valence electrons. The maximum absolute atomic E-state index is 11.7. The van der Waals surface area contributed by atoms with Gasteiger partial charge in [-0.05, 0) is 6.92 Å². The van der Waals surface area contributed by atoms with Gasteiger partial charge < -0.3 is 10.0 Å². The van der Waals surface area contributed by atoms with Crippen molar-refractivity contribution in [3.8, 4) is 0 Å². The summed E-state index contributed by atoms with van der Waals surface area (Å²) in [7, 11) is 1.57. The maximum Gasteiger partial charge on any atom is 0.345 e. The Kier molecular flexibility index (Phi) is 4.24. The van der Waals surface area contributed by atoms with Crippen LogP contribution in [-0.4, -0.2) is 50.0 Å². The number of aliphatic hydroxyl groups is 1. The van der Waals surface area contributed by atoms with Crippen molar-refractivity contribution in [1.29, 1.82) is 0 Å². The van der Waals surface area contributed by atoms with Crippen LogP contribution in [0, 0.1) is 0 Å². The van der Waals surface area contributed by atoms with Gasteiger partial charge in [0.15, 0.2) is 0 Å². The fraction of sp³-hybridized carbons (Fsp3) is 0.667. The summed E-state index contributed by atoms with van der Waals surface area (Å²) in [6.45, 7) is 2.41. The third-order valence-electron chi connectivity index (χ3n) is 2.28. The number of hydrogen-bond acceptors (Lipinski definition) is 4. The normalized spacial score (nSPS) is 10.4. The topological polar surface area (TPSA) is 80.4 Å². The average molecular weight is 228 g/mol. The van der Waals surface area contributed by atoms with Gasteiger partial charge in [0.25, 0.3) is 0 Å². The Bertz CT molecular complexity index is 409. The largest absolute Gasteiger partial charge is 0.395 e. The van der Waals surface area contributed by atoms with Gasteiger partial charge in [0.2, 0.25) is 5.91 Å². The number of nitrogens with zero attached hydrogens (tertiary/aromatic N) is 4. The zero-order valence-electron chi connectivity index (χ0n) is 9.46. The highest BCUT2D eigenvalue weighted by molar-refractivity contribution is 5.75. The number of aliphatic hydroxyl groups excluding tert-OH is 1. The van der Waals surface area contributed by atoms with Crippen LogP contribution in [0.5, 0.6) is 0 Å². The Morgan fingerprint density at radius 3 is 2.75 bits per heavy atom. The van der Waals surface area contributed by atoms with Crippen molar-refractivity contribution < 1.29 is 9.90 Å². The summed E-state index contributed by atoms with van der Waals surface area (Å²) in [5.41, 5.74) is -0.326. The first kappa shape index (κ1) is 12.4. The molecule has 1 heterocycles. The van der Waals surface area contributed by atoms with Gasteiger partial charge in [-0.25, -0.2) is 9.48 Å². The number of rotatable bonds is 5. The van der Waals surface area contributed by atoms with E-state index in [0.29, 0.717) is 6.54 Å². The first-order valence-corrected chi connectivity index (χ1v) is 5.07. The summed E-state index contributed by atoms with van der Waals surface area (Å²) in [6, 6.07) is 0.